The second-order valence-electron chi connectivity index (χ2n) is 6.25. The molecule has 1 aliphatic carbocycles. The fraction of sp³-hybridized carbons (Fsp3) is 0.917. The van der Waals surface area contributed by atoms with Gasteiger partial charge in [-0.25, -0.2) is 0 Å². The second kappa shape index (κ2) is 3.34. The molecule has 0 amide bonds. The first-order valence-corrected chi connectivity index (χ1v) is 5.26. The van der Waals surface area contributed by atoms with Gasteiger partial charge in [0.05, 0.1) is 0 Å². The highest BCUT2D eigenvalue weighted by Gasteiger charge is 2.47. The van der Waals surface area contributed by atoms with Crippen LogP contribution in [0.4, 0.5) is 0 Å². The lowest BCUT2D eigenvalue weighted by molar-refractivity contribution is -0.146. The Bertz CT molecular complexity index is 212. The molecule has 0 N–H and O–H groups in total. The normalized spacial score (nSPS) is 28.4. The van der Waals surface area contributed by atoms with Crippen molar-refractivity contribution in [2.75, 3.05) is 7.11 Å². The van der Waals surface area contributed by atoms with Crippen molar-refractivity contribution in [1.29, 1.82) is 0 Å². The molecule has 0 aromatic carbocycles. The summed E-state index contributed by atoms with van der Waals surface area (Å²) >= 11 is 0. The Morgan fingerprint density at radius 1 is 1.00 bits per heavy atom. The van der Waals surface area contributed by atoms with Crippen LogP contribution in [-0.2, 0) is 9.53 Å². The van der Waals surface area contributed by atoms with Crippen LogP contribution in [-0.4, -0.2) is 19.0 Å². The van der Waals surface area contributed by atoms with Gasteiger partial charge in [0.25, 0.3) is 0 Å². The highest BCUT2D eigenvalue weighted by atomic mass is 16.5. The van der Waals surface area contributed by atoms with Gasteiger partial charge in [-0.2, -0.15) is 0 Å². The van der Waals surface area contributed by atoms with Crippen LogP contribution in [0.2, 0.25) is 0 Å². The molecule has 14 heavy (non-hydrogen) atoms. The molecule has 0 heterocycles. The van der Waals surface area contributed by atoms with E-state index in [4.69, 9.17) is 4.74 Å². The van der Waals surface area contributed by atoms with Gasteiger partial charge < -0.3 is 9.53 Å². The predicted octanol–water partition coefficient (Wildman–Crippen LogP) is 2.81. The van der Waals surface area contributed by atoms with E-state index in [2.05, 4.69) is 27.7 Å². The van der Waals surface area contributed by atoms with Crippen LogP contribution < -0.4 is 0 Å². The number of hydrogen-bond donors (Lipinski definition) is 0. The zero-order valence-corrected chi connectivity index (χ0v) is 10.0. The summed E-state index contributed by atoms with van der Waals surface area (Å²) in [6.07, 6.45) is 3.82. The Morgan fingerprint density at radius 2 is 1.43 bits per heavy atom. The molecule has 1 rings (SSSR count). The minimum atomic E-state index is -0.550. The number of carbonyl (C=O) groups excluding carboxylic acids is 1. The third kappa shape index (κ3) is 2.35. The van der Waals surface area contributed by atoms with Crippen molar-refractivity contribution in [3.05, 3.63) is 0 Å². The Kier molecular flexibility index (Phi) is 2.79. The number of hydrogen-bond acceptors (Lipinski definition) is 2. The molecule has 0 saturated heterocycles. The van der Waals surface area contributed by atoms with Crippen molar-refractivity contribution in [3.63, 3.8) is 0 Å². The summed E-state index contributed by atoms with van der Waals surface area (Å²) < 4.78 is 5.43. The summed E-state index contributed by atoms with van der Waals surface area (Å²) in [7, 11) is 1.64. The second-order valence-corrected chi connectivity index (χ2v) is 6.25. The van der Waals surface area contributed by atoms with Gasteiger partial charge in [-0.15, -0.1) is 0 Å². The van der Waals surface area contributed by atoms with Gasteiger partial charge in [-0.3, -0.25) is 0 Å². The monoisotopic (exact) mass is 198 g/mol. The van der Waals surface area contributed by atoms with E-state index in [9.17, 15) is 4.79 Å². The zero-order chi connectivity index (χ0) is 11.0. The van der Waals surface area contributed by atoms with Gasteiger partial charge in [0.15, 0.2) is 6.29 Å². The van der Waals surface area contributed by atoms with Crippen LogP contribution in [0.15, 0.2) is 0 Å². The van der Waals surface area contributed by atoms with Gasteiger partial charge in [0.1, 0.15) is 5.60 Å². The minimum absolute atomic E-state index is 0.193. The highest BCUT2D eigenvalue weighted by Crippen LogP contribution is 2.50. The Labute approximate surface area is 87.0 Å². The van der Waals surface area contributed by atoms with Crippen LogP contribution in [0.25, 0.3) is 0 Å². The lowest BCUT2D eigenvalue weighted by Crippen LogP contribution is -2.48. The Morgan fingerprint density at radius 3 is 1.71 bits per heavy atom. The number of ether oxygens (including phenoxy) is 1. The molecular formula is C12H22O2. The lowest BCUT2D eigenvalue weighted by Gasteiger charge is -2.48. The van der Waals surface area contributed by atoms with E-state index in [-0.39, 0.29) is 10.8 Å². The molecule has 0 atom stereocenters. The quantitative estimate of drug-likeness (QED) is 0.638. The zero-order valence-electron chi connectivity index (χ0n) is 10.0. The van der Waals surface area contributed by atoms with Gasteiger partial charge in [0.2, 0.25) is 0 Å². The summed E-state index contributed by atoms with van der Waals surface area (Å²) in [4.78, 5) is 11.2. The van der Waals surface area contributed by atoms with E-state index in [1.165, 1.54) is 0 Å². The molecule has 0 bridgehead atoms. The van der Waals surface area contributed by atoms with Crippen LogP contribution in [0.5, 0.6) is 0 Å². The van der Waals surface area contributed by atoms with Crippen LogP contribution in [0.3, 0.4) is 0 Å². The molecular weight excluding hydrogens is 176 g/mol. The van der Waals surface area contributed by atoms with Crippen molar-refractivity contribution in [1.82, 2.24) is 0 Å². The van der Waals surface area contributed by atoms with Crippen molar-refractivity contribution < 1.29 is 9.53 Å². The molecule has 0 radical (unpaired) electrons. The fourth-order valence-electron chi connectivity index (χ4n) is 3.38. The first kappa shape index (κ1) is 11.7. The van der Waals surface area contributed by atoms with E-state index in [1.807, 2.05) is 0 Å². The summed E-state index contributed by atoms with van der Waals surface area (Å²) in [6.45, 7) is 8.85. The first-order valence-electron chi connectivity index (χ1n) is 5.26. The van der Waals surface area contributed by atoms with Crippen molar-refractivity contribution >= 4 is 6.29 Å². The molecule has 2 nitrogen and oxygen atoms in total. The highest BCUT2D eigenvalue weighted by molar-refractivity contribution is 5.63. The number of rotatable bonds is 2. The van der Waals surface area contributed by atoms with Gasteiger partial charge >= 0.3 is 0 Å². The summed E-state index contributed by atoms with van der Waals surface area (Å²) in [5, 5.41) is 0. The van der Waals surface area contributed by atoms with Gasteiger partial charge in [-0.05, 0) is 30.1 Å². The van der Waals surface area contributed by atoms with Crippen LogP contribution in [0.1, 0.15) is 47.0 Å². The fourth-order valence-corrected chi connectivity index (χ4v) is 3.38. The van der Waals surface area contributed by atoms with E-state index in [0.717, 1.165) is 25.5 Å². The molecule has 1 saturated carbocycles. The van der Waals surface area contributed by atoms with Gasteiger partial charge in [-0.1, -0.05) is 27.7 Å². The molecule has 2 heteroatoms. The van der Waals surface area contributed by atoms with E-state index in [0.29, 0.717) is 0 Å². The molecule has 0 unspecified atom stereocenters. The molecule has 1 fully saturated rings. The molecule has 0 aromatic heterocycles. The smallest absolute Gasteiger partial charge is 0.151 e. The maximum atomic E-state index is 11.2. The largest absolute Gasteiger partial charge is 0.371 e. The number of carbonyl (C=O) groups is 1. The predicted molar refractivity (Wildman–Crippen MR) is 57.2 cm³/mol. The maximum absolute atomic E-state index is 11.2. The molecule has 0 aliphatic heterocycles. The molecule has 0 spiro atoms. The standard InChI is InChI=1S/C12H22O2/c1-10(2)6-11(3,4)8-12(7-10,9-13)14-5/h9H,6-8H2,1-5H3. The third-order valence-corrected chi connectivity index (χ3v) is 3.13. The topological polar surface area (TPSA) is 26.3 Å². The Hall–Kier alpha value is -0.370. The van der Waals surface area contributed by atoms with Gasteiger partial charge in [0, 0.05) is 7.11 Å². The average Bonchev–Trinajstić information content (AvgIpc) is 1.98. The lowest BCUT2D eigenvalue weighted by atomic mass is 9.60. The number of methoxy groups -OCH3 is 1. The molecule has 1 aliphatic rings. The van der Waals surface area contributed by atoms with E-state index in [1.54, 1.807) is 7.11 Å². The molecule has 0 aromatic rings. The first-order chi connectivity index (χ1) is 6.24. The van der Waals surface area contributed by atoms with Crippen molar-refractivity contribution in [2.24, 2.45) is 10.8 Å². The summed E-state index contributed by atoms with van der Waals surface area (Å²) in [5.41, 5.74) is -0.164. The van der Waals surface area contributed by atoms with Crippen molar-refractivity contribution in [3.8, 4) is 0 Å². The Balaban J connectivity index is 2.96. The minimum Gasteiger partial charge on any atom is -0.371 e. The summed E-state index contributed by atoms with van der Waals surface area (Å²) in [6, 6.07) is 0. The van der Waals surface area contributed by atoms with E-state index < -0.39 is 5.60 Å². The average molecular weight is 198 g/mol. The van der Waals surface area contributed by atoms with Crippen LogP contribution in [0, 0.1) is 10.8 Å². The summed E-state index contributed by atoms with van der Waals surface area (Å²) in [5.74, 6) is 0. The van der Waals surface area contributed by atoms with Crippen LogP contribution >= 0.6 is 0 Å². The maximum Gasteiger partial charge on any atom is 0.151 e. The molecule has 82 valence electrons. The van der Waals surface area contributed by atoms with Crippen molar-refractivity contribution in [2.45, 2.75) is 52.6 Å². The van der Waals surface area contributed by atoms with E-state index >= 15 is 0 Å². The third-order valence-electron chi connectivity index (χ3n) is 3.13. The number of aldehydes is 1. The SMILES string of the molecule is COC1(C=O)CC(C)(C)CC(C)(C)C1.